The van der Waals surface area contributed by atoms with Crippen LogP contribution in [0.3, 0.4) is 0 Å². The molecule has 2 aliphatic rings. The summed E-state index contributed by atoms with van der Waals surface area (Å²) in [6.07, 6.45) is 6.28. The third kappa shape index (κ3) is 4.00. The van der Waals surface area contributed by atoms with Gasteiger partial charge in [0.1, 0.15) is 0 Å². The molecular weight excluding hydrogens is 400 g/mol. The van der Waals surface area contributed by atoms with Crippen LogP contribution >= 0.6 is 0 Å². The summed E-state index contributed by atoms with van der Waals surface area (Å²) in [4.78, 5) is 30.5. The fourth-order valence-corrected chi connectivity index (χ4v) is 4.93. The van der Waals surface area contributed by atoms with E-state index in [1.807, 2.05) is 42.6 Å². The Bertz CT molecular complexity index is 1040. The summed E-state index contributed by atoms with van der Waals surface area (Å²) >= 11 is 0. The number of benzene rings is 1. The molecule has 5 rings (SSSR count). The topological polar surface area (TPSA) is 77.2 Å². The van der Waals surface area contributed by atoms with Crippen LogP contribution in [0, 0.1) is 0 Å². The maximum Gasteiger partial charge on any atom is 0.231 e. The minimum atomic E-state index is -0.453. The first-order valence-electron chi connectivity index (χ1n) is 11.4. The average molecular weight is 431 g/mol. The number of carbonyl (C=O) groups excluding carboxylic acids is 1. The van der Waals surface area contributed by atoms with Gasteiger partial charge in [0.25, 0.3) is 0 Å². The number of nitrogens with zero attached hydrogens (tertiary/aromatic N) is 4. The van der Waals surface area contributed by atoms with Crippen LogP contribution in [0.5, 0.6) is 0 Å². The summed E-state index contributed by atoms with van der Waals surface area (Å²) in [6.45, 7) is 3.42. The van der Waals surface area contributed by atoms with Gasteiger partial charge in [-0.25, -0.2) is 9.97 Å². The molecule has 2 fully saturated rings. The van der Waals surface area contributed by atoms with E-state index < -0.39 is 5.41 Å². The molecule has 7 heteroatoms. The summed E-state index contributed by atoms with van der Waals surface area (Å²) in [7, 11) is 2.13. The van der Waals surface area contributed by atoms with Gasteiger partial charge in [0.15, 0.2) is 0 Å². The number of amides is 1. The predicted octanol–water partition coefficient (Wildman–Crippen LogP) is 2.83. The van der Waals surface area contributed by atoms with E-state index in [0.29, 0.717) is 5.95 Å². The number of hydrogen-bond donors (Lipinski definition) is 2. The van der Waals surface area contributed by atoms with Crippen LogP contribution in [-0.4, -0.2) is 65.0 Å². The highest BCUT2D eigenvalue weighted by Gasteiger charge is 2.43. The van der Waals surface area contributed by atoms with Gasteiger partial charge >= 0.3 is 0 Å². The van der Waals surface area contributed by atoms with E-state index in [0.717, 1.165) is 62.4 Å². The van der Waals surface area contributed by atoms with Gasteiger partial charge in [-0.1, -0.05) is 30.3 Å². The highest BCUT2D eigenvalue weighted by atomic mass is 16.2. The fourth-order valence-electron chi connectivity index (χ4n) is 4.93. The number of anilines is 1. The minimum Gasteiger partial charge on any atom is -0.360 e. The Morgan fingerprint density at radius 3 is 2.66 bits per heavy atom. The molecule has 0 spiro atoms. The number of rotatable bonds is 5. The van der Waals surface area contributed by atoms with Gasteiger partial charge in [0.2, 0.25) is 11.9 Å². The van der Waals surface area contributed by atoms with Gasteiger partial charge in [0, 0.05) is 31.5 Å². The van der Waals surface area contributed by atoms with E-state index in [2.05, 4.69) is 44.3 Å². The lowest BCUT2D eigenvalue weighted by Crippen LogP contribution is -2.53. The average Bonchev–Trinajstić information content (AvgIpc) is 3.53. The standard InChI is InChI=1S/C25H30N6O/c1-30-16-11-25(12-17-30,19-6-3-2-4-7-19)23(32)28-20-10-15-31(18-20)24-27-14-9-22(29-24)21-8-5-13-26-21/h2-9,13-14,20,26H,10-12,15-18H2,1H3,(H,28,32). The van der Waals surface area contributed by atoms with Gasteiger partial charge < -0.3 is 20.1 Å². The van der Waals surface area contributed by atoms with Crippen molar-refractivity contribution in [2.45, 2.75) is 30.7 Å². The quantitative estimate of drug-likeness (QED) is 0.651. The van der Waals surface area contributed by atoms with Crippen molar-refractivity contribution in [1.82, 2.24) is 25.2 Å². The number of aromatic amines is 1. The molecule has 1 aromatic carbocycles. The van der Waals surface area contributed by atoms with Crippen molar-refractivity contribution in [3.8, 4) is 11.4 Å². The van der Waals surface area contributed by atoms with Crippen molar-refractivity contribution >= 4 is 11.9 Å². The molecule has 4 heterocycles. The molecule has 32 heavy (non-hydrogen) atoms. The molecule has 2 aromatic heterocycles. The number of aromatic nitrogens is 3. The summed E-state index contributed by atoms with van der Waals surface area (Å²) in [5.41, 5.74) is 2.53. The molecule has 166 valence electrons. The van der Waals surface area contributed by atoms with Crippen molar-refractivity contribution in [3.05, 3.63) is 66.5 Å². The molecule has 1 atom stereocenters. The van der Waals surface area contributed by atoms with Crippen molar-refractivity contribution in [2.24, 2.45) is 0 Å². The molecule has 3 aromatic rings. The van der Waals surface area contributed by atoms with E-state index in [4.69, 9.17) is 4.98 Å². The monoisotopic (exact) mass is 430 g/mol. The molecule has 0 bridgehead atoms. The van der Waals surface area contributed by atoms with Crippen LogP contribution in [-0.2, 0) is 10.2 Å². The predicted molar refractivity (Wildman–Crippen MR) is 125 cm³/mol. The Kier molecular flexibility index (Phi) is 5.66. The zero-order valence-corrected chi connectivity index (χ0v) is 18.5. The lowest BCUT2D eigenvalue weighted by Gasteiger charge is -2.40. The third-order valence-electron chi connectivity index (χ3n) is 6.92. The van der Waals surface area contributed by atoms with Crippen LogP contribution < -0.4 is 10.2 Å². The zero-order chi connectivity index (χ0) is 22.0. The van der Waals surface area contributed by atoms with Crippen LogP contribution in [0.4, 0.5) is 5.95 Å². The maximum absolute atomic E-state index is 13.7. The van der Waals surface area contributed by atoms with E-state index in [9.17, 15) is 4.79 Å². The second-order valence-electron chi connectivity index (χ2n) is 8.98. The number of hydrogen-bond acceptors (Lipinski definition) is 5. The Labute approximate surface area is 188 Å². The van der Waals surface area contributed by atoms with Crippen LogP contribution in [0.1, 0.15) is 24.8 Å². The molecule has 1 amide bonds. The molecule has 2 aliphatic heterocycles. The first kappa shape index (κ1) is 20.7. The van der Waals surface area contributed by atoms with E-state index in [1.165, 1.54) is 0 Å². The minimum absolute atomic E-state index is 0.0977. The summed E-state index contributed by atoms with van der Waals surface area (Å²) in [5.74, 6) is 0.871. The molecule has 0 aliphatic carbocycles. The normalized spacial score (nSPS) is 20.9. The van der Waals surface area contributed by atoms with Gasteiger partial charge in [-0.2, -0.15) is 0 Å². The number of piperidine rings is 1. The van der Waals surface area contributed by atoms with Crippen LogP contribution in [0.15, 0.2) is 60.9 Å². The summed E-state index contributed by atoms with van der Waals surface area (Å²) in [5, 5.41) is 3.38. The maximum atomic E-state index is 13.7. The Balaban J connectivity index is 1.29. The zero-order valence-electron chi connectivity index (χ0n) is 18.5. The molecule has 2 saturated heterocycles. The number of H-pyrrole nitrogens is 1. The Morgan fingerprint density at radius 2 is 1.91 bits per heavy atom. The highest BCUT2D eigenvalue weighted by Crippen LogP contribution is 2.36. The molecule has 0 radical (unpaired) electrons. The van der Waals surface area contributed by atoms with E-state index >= 15 is 0 Å². The first-order valence-corrected chi connectivity index (χ1v) is 11.4. The lowest BCUT2D eigenvalue weighted by atomic mass is 9.72. The molecule has 7 nitrogen and oxygen atoms in total. The molecular formula is C25H30N6O. The lowest BCUT2D eigenvalue weighted by molar-refractivity contribution is -0.129. The van der Waals surface area contributed by atoms with Crippen LogP contribution in [0.25, 0.3) is 11.4 Å². The molecule has 1 unspecified atom stereocenters. The van der Waals surface area contributed by atoms with Crippen molar-refractivity contribution in [1.29, 1.82) is 0 Å². The Morgan fingerprint density at radius 1 is 1.09 bits per heavy atom. The second kappa shape index (κ2) is 8.74. The summed E-state index contributed by atoms with van der Waals surface area (Å²) < 4.78 is 0. The van der Waals surface area contributed by atoms with Gasteiger partial charge in [-0.15, -0.1) is 0 Å². The Hall–Kier alpha value is -3.19. The van der Waals surface area contributed by atoms with E-state index in [-0.39, 0.29) is 11.9 Å². The fraction of sp³-hybridized carbons (Fsp3) is 0.400. The van der Waals surface area contributed by atoms with Gasteiger partial charge in [-0.05, 0) is 63.2 Å². The SMILES string of the molecule is CN1CCC(C(=O)NC2CCN(c3nccc(-c4ccc[nH]4)n3)C2)(c2ccccc2)CC1. The van der Waals surface area contributed by atoms with Crippen molar-refractivity contribution in [3.63, 3.8) is 0 Å². The number of carbonyl (C=O) groups is 1. The number of nitrogens with one attached hydrogen (secondary N) is 2. The van der Waals surface area contributed by atoms with Crippen molar-refractivity contribution in [2.75, 3.05) is 38.1 Å². The number of likely N-dealkylation sites (tertiary alicyclic amines) is 1. The van der Waals surface area contributed by atoms with Crippen molar-refractivity contribution < 1.29 is 4.79 Å². The molecule has 0 saturated carbocycles. The third-order valence-corrected chi connectivity index (χ3v) is 6.92. The second-order valence-corrected chi connectivity index (χ2v) is 8.98. The van der Waals surface area contributed by atoms with Gasteiger partial charge in [0.05, 0.1) is 16.8 Å². The van der Waals surface area contributed by atoms with Gasteiger partial charge in [-0.3, -0.25) is 4.79 Å². The largest absolute Gasteiger partial charge is 0.360 e. The first-order chi connectivity index (χ1) is 15.6. The van der Waals surface area contributed by atoms with Crippen LogP contribution in [0.2, 0.25) is 0 Å². The molecule has 2 N–H and O–H groups in total. The highest BCUT2D eigenvalue weighted by molar-refractivity contribution is 5.88. The summed E-state index contributed by atoms with van der Waals surface area (Å²) in [6, 6.07) is 16.3. The van der Waals surface area contributed by atoms with E-state index in [1.54, 1.807) is 6.20 Å². The smallest absolute Gasteiger partial charge is 0.231 e.